The molecule has 0 amide bonds. The lowest BCUT2D eigenvalue weighted by Gasteiger charge is -2.06. The molecule has 2 heterocycles. The van der Waals surface area contributed by atoms with Gasteiger partial charge in [0.15, 0.2) is 0 Å². The Morgan fingerprint density at radius 2 is 1.65 bits per heavy atom. The zero-order valence-corrected chi connectivity index (χ0v) is 12.1. The second-order valence-electron chi connectivity index (χ2n) is 5.13. The zero-order chi connectivity index (χ0) is 15.6. The summed E-state index contributed by atoms with van der Waals surface area (Å²) in [4.78, 5) is 14.7. The molecule has 0 aliphatic heterocycles. The fraction of sp³-hybridized carbons (Fsp3) is 0. The highest BCUT2D eigenvalue weighted by Crippen LogP contribution is 2.29. The molecule has 0 fully saturated rings. The van der Waals surface area contributed by atoms with E-state index in [9.17, 15) is 4.79 Å². The summed E-state index contributed by atoms with van der Waals surface area (Å²) in [6.45, 7) is 0. The van der Waals surface area contributed by atoms with Crippen LogP contribution < -0.4 is 10.3 Å². The van der Waals surface area contributed by atoms with Crippen molar-refractivity contribution in [3.63, 3.8) is 0 Å². The number of benzene rings is 2. The van der Waals surface area contributed by atoms with Crippen LogP contribution in [0.15, 0.2) is 71.8 Å². The van der Waals surface area contributed by atoms with Crippen molar-refractivity contribution in [2.75, 3.05) is 0 Å². The molecular formula is C18H13N3O2. The maximum atomic E-state index is 11.7. The van der Waals surface area contributed by atoms with Gasteiger partial charge in [-0.3, -0.25) is 4.79 Å². The van der Waals surface area contributed by atoms with Gasteiger partial charge >= 0.3 is 0 Å². The van der Waals surface area contributed by atoms with Gasteiger partial charge < -0.3 is 9.72 Å². The number of para-hydroxylation sites is 1. The molecule has 0 saturated heterocycles. The predicted octanol–water partition coefficient (Wildman–Crippen LogP) is 3.71. The van der Waals surface area contributed by atoms with Gasteiger partial charge in [0.05, 0.1) is 6.20 Å². The number of hydrogen-bond acceptors (Lipinski definition) is 3. The summed E-state index contributed by atoms with van der Waals surface area (Å²) in [5.74, 6) is 1.55. The summed E-state index contributed by atoms with van der Waals surface area (Å²) in [7, 11) is 0. The number of hydrogen-bond donors (Lipinski definition) is 2. The summed E-state index contributed by atoms with van der Waals surface area (Å²) in [6.07, 6.45) is 3.46. The van der Waals surface area contributed by atoms with Gasteiger partial charge in [0.25, 0.3) is 5.56 Å². The van der Waals surface area contributed by atoms with Crippen molar-refractivity contribution in [2.45, 2.75) is 0 Å². The zero-order valence-electron chi connectivity index (χ0n) is 12.1. The highest BCUT2D eigenvalue weighted by atomic mass is 16.5. The van der Waals surface area contributed by atoms with Gasteiger partial charge in [-0.25, -0.2) is 5.10 Å². The van der Waals surface area contributed by atoms with Gasteiger partial charge in [-0.1, -0.05) is 30.3 Å². The molecule has 2 aromatic carbocycles. The first-order chi connectivity index (χ1) is 11.3. The van der Waals surface area contributed by atoms with Gasteiger partial charge in [-0.15, -0.1) is 0 Å². The van der Waals surface area contributed by atoms with E-state index in [1.165, 1.54) is 0 Å². The van der Waals surface area contributed by atoms with Crippen molar-refractivity contribution in [2.24, 2.45) is 0 Å². The SMILES string of the molecule is O=c1[nH]ncc2c(-c3ccc(Oc4ccccc4)cc3)c[nH]c12. The highest BCUT2D eigenvalue weighted by Gasteiger charge is 2.09. The minimum absolute atomic E-state index is 0.224. The standard InChI is InChI=1S/C18H13N3O2/c22-18-17-16(11-20-21-18)15(10-19-17)12-6-8-14(9-7-12)23-13-4-2-1-3-5-13/h1-11,19H,(H,21,22). The number of nitrogens with one attached hydrogen (secondary N) is 2. The highest BCUT2D eigenvalue weighted by molar-refractivity contribution is 5.94. The Bertz CT molecular complexity index is 1000. The summed E-state index contributed by atoms with van der Waals surface area (Å²) >= 11 is 0. The van der Waals surface area contributed by atoms with Gasteiger partial charge in [0, 0.05) is 17.1 Å². The Morgan fingerprint density at radius 1 is 0.913 bits per heavy atom. The van der Waals surface area contributed by atoms with Crippen molar-refractivity contribution >= 4 is 10.9 Å². The molecule has 2 N–H and O–H groups in total. The van der Waals surface area contributed by atoms with Crippen LogP contribution in [0.5, 0.6) is 11.5 Å². The smallest absolute Gasteiger partial charge is 0.288 e. The fourth-order valence-electron chi connectivity index (χ4n) is 2.53. The molecule has 0 radical (unpaired) electrons. The number of fused-ring (bicyclic) bond motifs is 1. The molecule has 0 atom stereocenters. The molecule has 4 aromatic rings. The Kier molecular flexibility index (Phi) is 3.16. The van der Waals surface area contributed by atoms with Crippen molar-refractivity contribution in [1.82, 2.24) is 15.2 Å². The van der Waals surface area contributed by atoms with E-state index in [2.05, 4.69) is 15.2 Å². The lowest BCUT2D eigenvalue weighted by Crippen LogP contribution is -2.06. The summed E-state index contributed by atoms with van der Waals surface area (Å²) < 4.78 is 5.78. The van der Waals surface area contributed by atoms with Crippen LogP contribution in [0.25, 0.3) is 22.0 Å². The third-order valence-electron chi connectivity index (χ3n) is 3.65. The molecule has 0 spiro atoms. The van der Waals surface area contributed by atoms with Crippen molar-refractivity contribution in [3.8, 4) is 22.6 Å². The third kappa shape index (κ3) is 2.48. The van der Waals surface area contributed by atoms with E-state index in [-0.39, 0.29) is 5.56 Å². The number of aromatic amines is 2. The van der Waals surface area contributed by atoms with Crippen molar-refractivity contribution in [1.29, 1.82) is 0 Å². The summed E-state index contributed by atoms with van der Waals surface area (Å²) in [5, 5.41) is 7.08. The second kappa shape index (κ2) is 5.46. The number of ether oxygens (including phenoxy) is 1. The molecule has 5 nitrogen and oxygen atoms in total. The van der Waals surface area contributed by atoms with Crippen LogP contribution in [0.4, 0.5) is 0 Å². The minimum Gasteiger partial charge on any atom is -0.457 e. The number of aromatic nitrogens is 3. The molecule has 4 rings (SSSR count). The number of rotatable bonds is 3. The lowest BCUT2D eigenvalue weighted by atomic mass is 10.1. The van der Waals surface area contributed by atoms with E-state index >= 15 is 0 Å². The molecule has 0 saturated carbocycles. The first-order valence-electron chi connectivity index (χ1n) is 7.19. The molecule has 23 heavy (non-hydrogen) atoms. The quantitative estimate of drug-likeness (QED) is 0.606. The van der Waals surface area contributed by atoms with Crippen LogP contribution in [-0.2, 0) is 0 Å². The Labute approximate surface area is 131 Å². The van der Waals surface area contributed by atoms with Crippen molar-refractivity contribution in [3.05, 3.63) is 77.3 Å². The maximum Gasteiger partial charge on any atom is 0.288 e. The maximum absolute atomic E-state index is 11.7. The number of H-pyrrole nitrogens is 2. The molecule has 2 aromatic heterocycles. The van der Waals surface area contributed by atoms with E-state index < -0.39 is 0 Å². The third-order valence-corrected chi connectivity index (χ3v) is 3.65. The van der Waals surface area contributed by atoms with Crippen LogP contribution >= 0.6 is 0 Å². The van der Waals surface area contributed by atoms with Gasteiger partial charge in [0.2, 0.25) is 0 Å². The monoisotopic (exact) mass is 303 g/mol. The fourth-order valence-corrected chi connectivity index (χ4v) is 2.53. The Hall–Kier alpha value is -3.34. The van der Waals surface area contributed by atoms with Crippen LogP contribution in [-0.4, -0.2) is 15.2 Å². The first-order valence-corrected chi connectivity index (χ1v) is 7.19. The average molecular weight is 303 g/mol. The van der Waals surface area contributed by atoms with Crippen molar-refractivity contribution < 1.29 is 4.74 Å². The average Bonchev–Trinajstić information content (AvgIpc) is 3.02. The van der Waals surface area contributed by atoms with Gasteiger partial charge in [-0.05, 0) is 29.8 Å². The molecular weight excluding hydrogens is 290 g/mol. The minimum atomic E-state index is -0.224. The Morgan fingerprint density at radius 3 is 2.43 bits per heavy atom. The van der Waals surface area contributed by atoms with E-state index in [0.29, 0.717) is 5.52 Å². The van der Waals surface area contributed by atoms with Crippen LogP contribution in [0, 0.1) is 0 Å². The first kappa shape index (κ1) is 13.3. The normalized spacial score (nSPS) is 10.8. The molecule has 0 aliphatic carbocycles. The van der Waals surface area contributed by atoms with Crippen LogP contribution in [0.1, 0.15) is 0 Å². The molecule has 112 valence electrons. The molecule has 0 aliphatic rings. The van der Waals surface area contributed by atoms with Crippen LogP contribution in [0.2, 0.25) is 0 Å². The van der Waals surface area contributed by atoms with Crippen LogP contribution in [0.3, 0.4) is 0 Å². The predicted molar refractivity (Wildman–Crippen MR) is 88.7 cm³/mol. The second-order valence-corrected chi connectivity index (χ2v) is 5.13. The molecule has 0 bridgehead atoms. The van der Waals surface area contributed by atoms with Gasteiger partial charge in [0.1, 0.15) is 17.0 Å². The van der Waals surface area contributed by atoms with E-state index in [0.717, 1.165) is 28.0 Å². The van der Waals surface area contributed by atoms with E-state index in [1.54, 1.807) is 6.20 Å². The summed E-state index contributed by atoms with van der Waals surface area (Å²) in [6, 6.07) is 17.4. The van der Waals surface area contributed by atoms with Gasteiger partial charge in [-0.2, -0.15) is 5.10 Å². The molecule has 5 heteroatoms. The summed E-state index contributed by atoms with van der Waals surface area (Å²) in [5.41, 5.74) is 2.23. The van der Waals surface area contributed by atoms with E-state index in [1.807, 2.05) is 60.8 Å². The topological polar surface area (TPSA) is 70.8 Å². The Balaban J connectivity index is 1.67. The molecule has 0 unspecified atom stereocenters. The largest absolute Gasteiger partial charge is 0.457 e. The lowest BCUT2D eigenvalue weighted by molar-refractivity contribution is 0.483. The van der Waals surface area contributed by atoms with E-state index in [4.69, 9.17) is 4.74 Å². The number of nitrogens with zero attached hydrogens (tertiary/aromatic N) is 1.